The maximum absolute atomic E-state index is 10.3. The molecule has 0 unspecified atom stereocenters. The number of carbonyl (C=O) groups excluding carboxylic acids is 1. The first-order chi connectivity index (χ1) is 6.63. The van der Waals surface area contributed by atoms with Crippen molar-refractivity contribution in [3.63, 3.8) is 0 Å². The number of allylic oxidation sites excluding steroid dienone is 1. The molecule has 0 spiro atoms. The number of hydrogen-bond acceptors (Lipinski definition) is 2. The molecule has 5 heteroatoms. The lowest BCUT2D eigenvalue weighted by molar-refractivity contribution is -0.104. The molecule has 1 rings (SSSR count). The van der Waals surface area contributed by atoms with Crippen LogP contribution in [0, 0.1) is 0 Å². The Morgan fingerprint density at radius 2 is 2.21 bits per heavy atom. The minimum absolute atomic E-state index is 0.441. The zero-order valence-electron chi connectivity index (χ0n) is 6.93. The molecule has 2 nitrogen and oxygen atoms in total. The molecule has 0 radical (unpaired) electrons. The molecule has 74 valence electrons. The fourth-order valence-corrected chi connectivity index (χ4v) is 1.31. The van der Waals surface area contributed by atoms with Crippen molar-refractivity contribution >= 4 is 55.4 Å². The van der Waals surface area contributed by atoms with Crippen molar-refractivity contribution in [2.24, 2.45) is 0 Å². The molecule has 0 atom stereocenters. The second-order valence-electron chi connectivity index (χ2n) is 2.42. The normalized spacial score (nSPS) is 11.2. The first-order valence-electron chi connectivity index (χ1n) is 3.66. The highest BCUT2D eigenvalue weighted by atomic mass is 79.9. The summed E-state index contributed by atoms with van der Waals surface area (Å²) in [4.78, 5) is 10.3. The van der Waals surface area contributed by atoms with Gasteiger partial charge in [0.25, 0.3) is 0 Å². The van der Waals surface area contributed by atoms with E-state index >= 15 is 0 Å². The maximum atomic E-state index is 10.3. The summed E-state index contributed by atoms with van der Waals surface area (Å²) < 4.78 is 1.28. The van der Waals surface area contributed by atoms with Gasteiger partial charge in [-0.25, -0.2) is 0 Å². The van der Waals surface area contributed by atoms with Crippen molar-refractivity contribution in [2.75, 3.05) is 5.32 Å². The van der Waals surface area contributed by atoms with Gasteiger partial charge in [-0.3, -0.25) is 4.79 Å². The summed E-state index contributed by atoms with van der Waals surface area (Å²) in [6, 6.07) is 5.43. The molecule has 0 fully saturated rings. The first kappa shape index (κ1) is 11.8. The maximum Gasteiger partial charge on any atom is 0.158 e. The van der Waals surface area contributed by atoms with Gasteiger partial charge in [0, 0.05) is 16.4 Å². The zero-order valence-corrected chi connectivity index (χ0v) is 10.9. The molecule has 0 bridgehead atoms. The summed E-state index contributed by atoms with van der Waals surface area (Å²) in [5.74, 6) is 0. The molecule has 0 aliphatic rings. The van der Waals surface area contributed by atoms with Gasteiger partial charge in [0.2, 0.25) is 0 Å². The van der Waals surface area contributed by atoms with E-state index in [2.05, 4.69) is 37.2 Å². The molecular formula is C9H6Br2ClNO. The van der Waals surface area contributed by atoms with Crippen molar-refractivity contribution in [3.05, 3.63) is 38.4 Å². The van der Waals surface area contributed by atoms with Crippen molar-refractivity contribution in [1.82, 2.24) is 0 Å². The minimum atomic E-state index is 0.441. The van der Waals surface area contributed by atoms with Crippen molar-refractivity contribution in [1.29, 1.82) is 0 Å². The van der Waals surface area contributed by atoms with E-state index in [0.717, 1.165) is 10.2 Å². The topological polar surface area (TPSA) is 29.1 Å². The van der Waals surface area contributed by atoms with Gasteiger partial charge in [-0.2, -0.15) is 0 Å². The smallest absolute Gasteiger partial charge is 0.158 e. The number of anilines is 1. The quantitative estimate of drug-likeness (QED) is 0.667. The van der Waals surface area contributed by atoms with Crippen LogP contribution in [0.2, 0.25) is 5.02 Å². The van der Waals surface area contributed by atoms with Crippen LogP contribution >= 0.6 is 43.5 Å². The molecule has 0 aliphatic heterocycles. The van der Waals surface area contributed by atoms with E-state index in [9.17, 15) is 4.79 Å². The Bertz CT molecular complexity index is 379. The molecule has 1 N–H and O–H groups in total. The SMILES string of the molecule is O=C/C(Br)=C\Nc1ccc(Br)c(Cl)c1. The van der Waals surface area contributed by atoms with Crippen LogP contribution in [-0.2, 0) is 4.79 Å². The van der Waals surface area contributed by atoms with Crippen LogP contribution in [0.4, 0.5) is 5.69 Å². The van der Waals surface area contributed by atoms with Gasteiger partial charge in [-0.05, 0) is 50.1 Å². The molecular weight excluding hydrogens is 333 g/mol. The highest BCUT2D eigenvalue weighted by Crippen LogP contribution is 2.25. The lowest BCUT2D eigenvalue weighted by atomic mass is 10.3. The summed E-state index contributed by atoms with van der Waals surface area (Å²) in [6.07, 6.45) is 2.25. The number of rotatable bonds is 3. The monoisotopic (exact) mass is 337 g/mol. The van der Waals surface area contributed by atoms with Gasteiger partial charge < -0.3 is 5.32 Å². The van der Waals surface area contributed by atoms with E-state index < -0.39 is 0 Å². The highest BCUT2D eigenvalue weighted by molar-refractivity contribution is 9.12. The third kappa shape index (κ3) is 3.44. The lowest BCUT2D eigenvalue weighted by Crippen LogP contribution is -1.89. The average Bonchev–Trinajstić information content (AvgIpc) is 2.19. The van der Waals surface area contributed by atoms with Gasteiger partial charge in [-0.15, -0.1) is 0 Å². The Labute approximate surface area is 104 Å². The van der Waals surface area contributed by atoms with Gasteiger partial charge in [-0.1, -0.05) is 11.6 Å². The molecule has 14 heavy (non-hydrogen) atoms. The van der Waals surface area contributed by atoms with E-state index in [-0.39, 0.29) is 0 Å². The molecule has 0 aliphatic carbocycles. The fraction of sp³-hybridized carbons (Fsp3) is 0. The second-order valence-corrected chi connectivity index (χ2v) is 4.60. The number of aldehydes is 1. The van der Waals surface area contributed by atoms with Crippen LogP contribution in [0.25, 0.3) is 0 Å². The Morgan fingerprint density at radius 3 is 2.79 bits per heavy atom. The van der Waals surface area contributed by atoms with Gasteiger partial charge in [0.1, 0.15) is 0 Å². The number of nitrogens with one attached hydrogen (secondary N) is 1. The van der Waals surface area contributed by atoms with Gasteiger partial charge >= 0.3 is 0 Å². The predicted octanol–water partition coefficient (Wildman–Crippen LogP) is 3.95. The van der Waals surface area contributed by atoms with Crippen molar-refractivity contribution in [2.45, 2.75) is 0 Å². The van der Waals surface area contributed by atoms with Gasteiger partial charge in [0.05, 0.1) is 9.51 Å². The Morgan fingerprint density at radius 1 is 1.50 bits per heavy atom. The van der Waals surface area contributed by atoms with Crippen LogP contribution < -0.4 is 5.32 Å². The Kier molecular flexibility index (Phi) is 4.65. The van der Waals surface area contributed by atoms with E-state index in [1.807, 2.05) is 12.1 Å². The summed E-state index contributed by atoms with van der Waals surface area (Å²) in [7, 11) is 0. The average molecular weight is 339 g/mol. The lowest BCUT2D eigenvalue weighted by Gasteiger charge is -2.02. The standard InChI is InChI=1S/C9H6Br2ClNO/c10-6(5-14)4-13-7-1-2-8(11)9(12)3-7/h1-5,13H/b6-4+. The highest BCUT2D eigenvalue weighted by Gasteiger charge is 1.97. The van der Waals surface area contributed by atoms with Crippen LogP contribution in [0.5, 0.6) is 0 Å². The third-order valence-corrected chi connectivity index (χ3v) is 3.06. The van der Waals surface area contributed by atoms with Crippen molar-refractivity contribution in [3.8, 4) is 0 Å². The predicted molar refractivity (Wildman–Crippen MR) is 65.8 cm³/mol. The van der Waals surface area contributed by atoms with Crippen LogP contribution in [0.3, 0.4) is 0 Å². The number of hydrogen-bond donors (Lipinski definition) is 1. The molecule has 0 saturated heterocycles. The Balaban J connectivity index is 2.78. The fourth-order valence-electron chi connectivity index (χ4n) is 0.772. The summed E-state index contributed by atoms with van der Waals surface area (Å²) in [5, 5.41) is 3.53. The van der Waals surface area contributed by atoms with E-state index in [4.69, 9.17) is 11.6 Å². The summed E-state index contributed by atoms with van der Waals surface area (Å²) in [5.41, 5.74) is 0.817. The molecule has 0 aromatic heterocycles. The van der Waals surface area contributed by atoms with E-state index in [0.29, 0.717) is 15.8 Å². The largest absolute Gasteiger partial charge is 0.360 e. The van der Waals surface area contributed by atoms with Crippen LogP contribution in [-0.4, -0.2) is 6.29 Å². The number of halogens is 3. The van der Waals surface area contributed by atoms with Crippen molar-refractivity contribution < 1.29 is 4.79 Å². The minimum Gasteiger partial charge on any atom is -0.360 e. The molecule has 1 aromatic carbocycles. The van der Waals surface area contributed by atoms with Crippen LogP contribution in [0.15, 0.2) is 33.4 Å². The third-order valence-electron chi connectivity index (χ3n) is 1.41. The summed E-state index contributed by atoms with van der Waals surface area (Å²) >= 11 is 12.2. The number of carbonyl (C=O) groups is 1. The number of benzene rings is 1. The Hall–Kier alpha value is -0.320. The first-order valence-corrected chi connectivity index (χ1v) is 5.62. The molecule has 0 saturated carbocycles. The summed E-state index contributed by atoms with van der Waals surface area (Å²) in [6.45, 7) is 0. The molecule has 0 amide bonds. The second kappa shape index (κ2) is 5.53. The molecule has 0 heterocycles. The van der Waals surface area contributed by atoms with E-state index in [1.165, 1.54) is 0 Å². The van der Waals surface area contributed by atoms with E-state index in [1.54, 1.807) is 12.3 Å². The van der Waals surface area contributed by atoms with Crippen LogP contribution in [0.1, 0.15) is 0 Å². The van der Waals surface area contributed by atoms with Gasteiger partial charge in [0.15, 0.2) is 6.29 Å². The zero-order chi connectivity index (χ0) is 10.6. The molecule has 1 aromatic rings.